The summed E-state index contributed by atoms with van der Waals surface area (Å²) in [6, 6.07) is 16.7. The highest BCUT2D eigenvalue weighted by Gasteiger charge is 2.19. The quantitative estimate of drug-likeness (QED) is 0.723. The second-order valence-electron chi connectivity index (χ2n) is 7.47. The highest BCUT2D eigenvalue weighted by molar-refractivity contribution is 5.81. The Morgan fingerprint density at radius 2 is 1.75 bits per heavy atom. The highest BCUT2D eigenvalue weighted by atomic mass is 16.7. The van der Waals surface area contributed by atoms with Crippen LogP contribution in [-0.4, -0.2) is 24.9 Å². The van der Waals surface area contributed by atoms with Gasteiger partial charge in [-0.3, -0.25) is 0 Å². The average Bonchev–Trinajstić information content (AvgIpc) is 3.24. The van der Waals surface area contributed by atoms with Crippen molar-refractivity contribution in [1.82, 2.24) is 10.3 Å². The van der Waals surface area contributed by atoms with Gasteiger partial charge in [-0.15, -0.1) is 0 Å². The molecule has 5 rings (SSSR count). The van der Waals surface area contributed by atoms with E-state index in [1.54, 1.807) is 0 Å². The number of piperidine rings is 1. The molecular formula is C23H25N3O2. The lowest BCUT2D eigenvalue weighted by atomic mass is 10.1. The van der Waals surface area contributed by atoms with E-state index in [9.17, 15) is 0 Å². The number of para-hydroxylation sites is 2. The Morgan fingerprint density at radius 1 is 0.893 bits per heavy atom. The van der Waals surface area contributed by atoms with Crippen LogP contribution in [0.25, 0.3) is 10.9 Å². The van der Waals surface area contributed by atoms with Crippen LogP contribution in [0.15, 0.2) is 48.5 Å². The Labute approximate surface area is 165 Å². The van der Waals surface area contributed by atoms with Crippen molar-refractivity contribution < 1.29 is 9.47 Å². The zero-order valence-corrected chi connectivity index (χ0v) is 16.0. The van der Waals surface area contributed by atoms with Crippen molar-refractivity contribution in [2.45, 2.75) is 32.4 Å². The number of rotatable bonds is 5. The number of nitrogens with one attached hydrogen (secondary N) is 1. The molecule has 3 heterocycles. The van der Waals surface area contributed by atoms with Crippen molar-refractivity contribution in [1.29, 1.82) is 0 Å². The molecule has 28 heavy (non-hydrogen) atoms. The van der Waals surface area contributed by atoms with Gasteiger partial charge in [0.2, 0.25) is 6.79 Å². The molecular weight excluding hydrogens is 350 g/mol. The van der Waals surface area contributed by atoms with Gasteiger partial charge in [-0.05, 0) is 37.5 Å². The fourth-order valence-electron chi connectivity index (χ4n) is 4.12. The summed E-state index contributed by atoms with van der Waals surface area (Å²) in [7, 11) is 0. The van der Waals surface area contributed by atoms with Gasteiger partial charge in [-0.2, -0.15) is 0 Å². The Hall–Kier alpha value is -2.79. The van der Waals surface area contributed by atoms with Crippen LogP contribution in [0.2, 0.25) is 0 Å². The van der Waals surface area contributed by atoms with Crippen molar-refractivity contribution in [3.8, 4) is 11.5 Å². The maximum Gasteiger partial charge on any atom is 0.231 e. The van der Waals surface area contributed by atoms with Gasteiger partial charge in [0.1, 0.15) is 5.82 Å². The Bertz CT molecular complexity index is 983. The molecule has 1 aromatic heterocycles. The number of fused-ring (bicyclic) bond motifs is 2. The van der Waals surface area contributed by atoms with E-state index in [0.717, 1.165) is 54.6 Å². The van der Waals surface area contributed by atoms with Crippen molar-refractivity contribution in [3.63, 3.8) is 0 Å². The number of hydrogen-bond acceptors (Lipinski definition) is 5. The van der Waals surface area contributed by atoms with Crippen LogP contribution in [0.4, 0.5) is 5.82 Å². The molecule has 0 atom stereocenters. The first kappa shape index (κ1) is 17.3. The molecule has 0 radical (unpaired) electrons. The summed E-state index contributed by atoms with van der Waals surface area (Å²) >= 11 is 0. The molecule has 0 saturated carbocycles. The Balaban J connectivity index is 1.39. The van der Waals surface area contributed by atoms with Gasteiger partial charge in [-0.25, -0.2) is 4.98 Å². The normalized spacial score (nSPS) is 15.9. The van der Waals surface area contributed by atoms with Gasteiger partial charge in [0.15, 0.2) is 11.5 Å². The molecule has 5 heteroatoms. The van der Waals surface area contributed by atoms with Crippen LogP contribution in [0.3, 0.4) is 0 Å². The summed E-state index contributed by atoms with van der Waals surface area (Å²) in [5.74, 6) is 2.83. The summed E-state index contributed by atoms with van der Waals surface area (Å²) < 4.78 is 11.1. The molecule has 2 aromatic carbocycles. The molecule has 1 fully saturated rings. The maximum absolute atomic E-state index is 5.63. The monoisotopic (exact) mass is 375 g/mol. The van der Waals surface area contributed by atoms with Gasteiger partial charge in [0, 0.05) is 42.7 Å². The molecule has 2 aliphatic heterocycles. The second kappa shape index (κ2) is 7.68. The fraction of sp³-hybridized carbons (Fsp3) is 0.348. The lowest BCUT2D eigenvalue weighted by Crippen LogP contribution is -2.31. The first-order chi connectivity index (χ1) is 13.9. The lowest BCUT2D eigenvalue weighted by Gasteiger charge is -2.30. The van der Waals surface area contributed by atoms with Crippen LogP contribution in [0, 0.1) is 0 Å². The van der Waals surface area contributed by atoms with Gasteiger partial charge in [0.25, 0.3) is 0 Å². The summed E-state index contributed by atoms with van der Waals surface area (Å²) in [5.41, 5.74) is 3.45. The average molecular weight is 375 g/mol. The topological polar surface area (TPSA) is 46.6 Å². The molecule has 2 aliphatic rings. The number of anilines is 1. The van der Waals surface area contributed by atoms with E-state index in [1.165, 1.54) is 30.2 Å². The van der Waals surface area contributed by atoms with Crippen LogP contribution in [-0.2, 0) is 13.1 Å². The number of benzene rings is 2. The van der Waals surface area contributed by atoms with Crippen molar-refractivity contribution in [3.05, 3.63) is 59.7 Å². The van der Waals surface area contributed by atoms with E-state index in [-0.39, 0.29) is 0 Å². The molecule has 1 N–H and O–H groups in total. The Morgan fingerprint density at radius 3 is 2.68 bits per heavy atom. The molecule has 5 nitrogen and oxygen atoms in total. The summed E-state index contributed by atoms with van der Waals surface area (Å²) in [6.45, 7) is 4.00. The molecule has 0 unspecified atom stereocenters. The molecule has 0 amide bonds. The third-order valence-electron chi connectivity index (χ3n) is 5.54. The number of pyridine rings is 1. The highest BCUT2D eigenvalue weighted by Crippen LogP contribution is 2.35. The van der Waals surface area contributed by atoms with Crippen molar-refractivity contribution in [2.75, 3.05) is 24.8 Å². The van der Waals surface area contributed by atoms with Crippen LogP contribution in [0.1, 0.15) is 30.4 Å². The van der Waals surface area contributed by atoms with Crippen molar-refractivity contribution >= 4 is 16.7 Å². The second-order valence-corrected chi connectivity index (χ2v) is 7.47. The number of ether oxygens (including phenoxy) is 2. The van der Waals surface area contributed by atoms with Gasteiger partial charge in [0.05, 0.1) is 5.52 Å². The summed E-state index contributed by atoms with van der Waals surface area (Å²) in [6.07, 6.45) is 3.81. The third kappa shape index (κ3) is 3.38. The van der Waals surface area contributed by atoms with Gasteiger partial charge >= 0.3 is 0 Å². The SMILES string of the molecule is c1cc(CNCc2cc3ccccc3nc2N2CCCCC2)c2c(c1)OCO2. The first-order valence-electron chi connectivity index (χ1n) is 10.1. The third-order valence-corrected chi connectivity index (χ3v) is 5.54. The van der Waals surface area contributed by atoms with Crippen LogP contribution in [0.5, 0.6) is 11.5 Å². The van der Waals surface area contributed by atoms with E-state index in [0.29, 0.717) is 6.79 Å². The Kier molecular flexibility index (Phi) is 4.75. The molecule has 3 aromatic rings. The fourth-order valence-corrected chi connectivity index (χ4v) is 4.12. The largest absolute Gasteiger partial charge is 0.454 e. The van der Waals surface area contributed by atoms with E-state index in [1.807, 2.05) is 12.1 Å². The maximum atomic E-state index is 5.63. The summed E-state index contributed by atoms with van der Waals surface area (Å²) in [5, 5.41) is 4.78. The number of hydrogen-bond donors (Lipinski definition) is 1. The molecule has 0 aliphatic carbocycles. The minimum absolute atomic E-state index is 0.306. The predicted molar refractivity (Wildman–Crippen MR) is 111 cm³/mol. The standard InChI is InChI=1S/C23H25N3O2/c1-4-11-26(12-5-1)23-19(13-17-7-2-3-9-20(17)25-23)15-24-14-18-8-6-10-21-22(18)28-16-27-21/h2-3,6-10,13,24H,1,4-5,11-12,14-16H2. The van der Waals surface area contributed by atoms with E-state index >= 15 is 0 Å². The minimum Gasteiger partial charge on any atom is -0.454 e. The van der Waals surface area contributed by atoms with Crippen molar-refractivity contribution in [2.24, 2.45) is 0 Å². The zero-order chi connectivity index (χ0) is 18.8. The molecule has 0 bridgehead atoms. The predicted octanol–water partition coefficient (Wildman–Crippen LogP) is 4.24. The molecule has 1 saturated heterocycles. The summed E-state index contributed by atoms with van der Waals surface area (Å²) in [4.78, 5) is 7.47. The minimum atomic E-state index is 0.306. The molecule has 144 valence electrons. The van der Waals surface area contributed by atoms with Gasteiger partial charge in [-0.1, -0.05) is 30.3 Å². The number of aromatic nitrogens is 1. The zero-order valence-electron chi connectivity index (χ0n) is 16.0. The van der Waals surface area contributed by atoms with Crippen LogP contribution < -0.4 is 19.7 Å². The van der Waals surface area contributed by atoms with E-state index < -0.39 is 0 Å². The lowest BCUT2D eigenvalue weighted by molar-refractivity contribution is 0.173. The van der Waals surface area contributed by atoms with E-state index in [4.69, 9.17) is 14.5 Å². The van der Waals surface area contributed by atoms with Gasteiger partial charge < -0.3 is 19.7 Å². The van der Waals surface area contributed by atoms with Crippen LogP contribution >= 0.6 is 0 Å². The molecule has 0 spiro atoms. The smallest absolute Gasteiger partial charge is 0.231 e. The van der Waals surface area contributed by atoms with E-state index in [2.05, 4.69) is 46.6 Å². The first-order valence-corrected chi connectivity index (χ1v) is 10.1. The number of nitrogens with zero attached hydrogens (tertiary/aromatic N) is 2.